The molecule has 0 bridgehead atoms. The Morgan fingerprint density at radius 3 is 2.17 bits per heavy atom. The zero-order chi connectivity index (χ0) is 25.8. The molecule has 9 nitrogen and oxygen atoms in total. The van der Waals surface area contributed by atoms with Gasteiger partial charge in [0.1, 0.15) is 18.2 Å². The molecule has 0 aromatic heterocycles. The average Bonchev–Trinajstić information content (AvgIpc) is 3.17. The highest BCUT2D eigenvalue weighted by atomic mass is 16.5. The topological polar surface area (TPSA) is 154 Å². The van der Waals surface area contributed by atoms with Crippen LogP contribution in [0.5, 0.6) is 5.75 Å². The fourth-order valence-corrected chi connectivity index (χ4v) is 4.39. The molecule has 0 radical (unpaired) electrons. The van der Waals surface area contributed by atoms with Crippen molar-refractivity contribution in [1.82, 2.24) is 0 Å². The summed E-state index contributed by atoms with van der Waals surface area (Å²) in [4.78, 5) is 37.5. The highest BCUT2D eigenvalue weighted by Crippen LogP contribution is 2.35. The van der Waals surface area contributed by atoms with Gasteiger partial charge in [-0.2, -0.15) is 0 Å². The predicted octanol–water partition coefficient (Wildman–Crippen LogP) is 3.61. The first-order valence-electron chi connectivity index (χ1n) is 11.3. The third-order valence-corrected chi connectivity index (χ3v) is 6.15. The van der Waals surface area contributed by atoms with E-state index < -0.39 is 29.8 Å². The van der Waals surface area contributed by atoms with Gasteiger partial charge in [-0.3, -0.25) is 15.0 Å². The zero-order valence-electron chi connectivity index (χ0n) is 19.3. The first kappa shape index (κ1) is 24.5. The van der Waals surface area contributed by atoms with E-state index in [1.807, 2.05) is 24.3 Å². The fraction of sp³-hybridized carbons (Fsp3) is 0.185. The minimum Gasteiger partial charge on any atom is -0.491 e. The summed E-state index contributed by atoms with van der Waals surface area (Å²) in [7, 11) is 0. The molecule has 36 heavy (non-hydrogen) atoms. The van der Waals surface area contributed by atoms with Gasteiger partial charge in [0.2, 0.25) is 5.91 Å². The lowest BCUT2D eigenvalue weighted by Crippen LogP contribution is -2.38. The molecule has 3 aromatic rings. The number of aliphatic carboxylic acids is 1. The Bertz CT molecular complexity index is 1300. The Morgan fingerprint density at radius 2 is 1.58 bits per heavy atom. The summed E-state index contributed by atoms with van der Waals surface area (Å²) in [5, 5.41) is 26.3. The molecule has 0 unspecified atom stereocenters. The number of ether oxygens (including phenoxy) is 1. The maximum atomic E-state index is 13.1. The Morgan fingerprint density at radius 1 is 0.972 bits per heavy atom. The molecule has 1 amide bonds. The molecular formula is C27H25N3O6. The third kappa shape index (κ3) is 5.20. The molecule has 0 saturated carbocycles. The van der Waals surface area contributed by atoms with E-state index >= 15 is 0 Å². The zero-order valence-corrected chi connectivity index (χ0v) is 19.3. The van der Waals surface area contributed by atoms with E-state index in [4.69, 9.17) is 15.9 Å². The number of carboxylic acid groups (broad SMARTS) is 2. The van der Waals surface area contributed by atoms with E-state index in [2.05, 4.69) is 0 Å². The fourth-order valence-electron chi connectivity index (χ4n) is 4.39. The molecular weight excluding hydrogens is 462 g/mol. The molecule has 2 atom stereocenters. The van der Waals surface area contributed by atoms with Crippen molar-refractivity contribution in [2.24, 2.45) is 11.7 Å². The van der Waals surface area contributed by atoms with Crippen molar-refractivity contribution in [2.45, 2.75) is 18.9 Å². The van der Waals surface area contributed by atoms with Crippen molar-refractivity contribution in [2.75, 3.05) is 11.5 Å². The van der Waals surface area contributed by atoms with E-state index in [9.17, 15) is 24.6 Å². The maximum Gasteiger partial charge on any atom is 0.337 e. The number of amidine groups is 1. The highest BCUT2D eigenvalue weighted by Gasteiger charge is 2.42. The molecule has 5 N–H and O–H groups in total. The Kier molecular flexibility index (Phi) is 7.00. The minimum atomic E-state index is -1.17. The lowest BCUT2D eigenvalue weighted by atomic mass is 10.0. The summed E-state index contributed by atoms with van der Waals surface area (Å²) in [6, 6.07) is 20.3. The Hall–Kier alpha value is -4.66. The monoisotopic (exact) mass is 487 g/mol. The average molecular weight is 488 g/mol. The van der Waals surface area contributed by atoms with Crippen LogP contribution in [0.15, 0.2) is 72.8 Å². The number of hydrogen-bond donors (Lipinski definition) is 4. The number of carbonyl (C=O) groups excluding carboxylic acids is 1. The van der Waals surface area contributed by atoms with Crippen LogP contribution in [0.3, 0.4) is 0 Å². The van der Waals surface area contributed by atoms with Crippen LogP contribution in [0.1, 0.15) is 28.8 Å². The number of nitrogens with one attached hydrogen (secondary N) is 1. The van der Waals surface area contributed by atoms with Crippen LogP contribution in [0.4, 0.5) is 5.69 Å². The smallest absolute Gasteiger partial charge is 0.337 e. The molecule has 3 aromatic carbocycles. The molecule has 1 saturated heterocycles. The molecule has 184 valence electrons. The van der Waals surface area contributed by atoms with E-state index in [0.29, 0.717) is 11.3 Å². The number of rotatable bonds is 9. The van der Waals surface area contributed by atoms with Crippen molar-refractivity contribution in [3.63, 3.8) is 0 Å². The standard InChI is InChI=1S/C27H25N3O6/c28-25(29)18-7-5-16(6-8-18)17-9-11-21(12-10-17)36-15-20-13-19(14-24(31)32)26(33)30(20)23-4-2-1-3-22(23)27(34)35/h1-12,19-20H,13-15H2,(H3,28,29)(H,31,32)(H,34,35)/t19-,20-/m0/s1. The summed E-state index contributed by atoms with van der Waals surface area (Å²) in [6.07, 6.45) is -0.0994. The summed E-state index contributed by atoms with van der Waals surface area (Å²) >= 11 is 0. The molecule has 1 aliphatic heterocycles. The SMILES string of the molecule is N=C(N)c1ccc(-c2ccc(OC[C@@H]3C[C@@H](CC(=O)O)C(=O)N3c3ccccc3C(=O)O)cc2)cc1. The second kappa shape index (κ2) is 10.3. The van der Waals surface area contributed by atoms with Crippen LogP contribution in [0.25, 0.3) is 11.1 Å². The van der Waals surface area contributed by atoms with Crippen LogP contribution >= 0.6 is 0 Å². The summed E-state index contributed by atoms with van der Waals surface area (Å²) in [5.41, 5.74) is 8.21. The van der Waals surface area contributed by atoms with Crippen molar-refractivity contribution in [3.05, 3.63) is 83.9 Å². The number of carbonyl (C=O) groups is 3. The molecule has 0 spiro atoms. The Balaban J connectivity index is 1.52. The molecule has 9 heteroatoms. The van der Waals surface area contributed by atoms with E-state index in [0.717, 1.165) is 11.1 Å². The van der Waals surface area contributed by atoms with Gasteiger partial charge in [0.25, 0.3) is 0 Å². The highest BCUT2D eigenvalue weighted by molar-refractivity contribution is 6.05. The number of aromatic carboxylic acids is 1. The normalized spacial score (nSPS) is 17.1. The number of nitrogens with zero attached hydrogens (tertiary/aromatic N) is 1. The van der Waals surface area contributed by atoms with Gasteiger partial charge in [-0.1, -0.05) is 48.5 Å². The van der Waals surface area contributed by atoms with Gasteiger partial charge in [-0.25, -0.2) is 4.79 Å². The van der Waals surface area contributed by atoms with E-state index in [1.54, 1.807) is 42.5 Å². The number of hydrogen-bond acceptors (Lipinski definition) is 5. The van der Waals surface area contributed by atoms with E-state index in [1.165, 1.54) is 11.0 Å². The number of para-hydroxylation sites is 1. The largest absolute Gasteiger partial charge is 0.491 e. The molecule has 1 heterocycles. The van der Waals surface area contributed by atoms with Gasteiger partial charge in [0.05, 0.1) is 29.6 Å². The number of nitrogen functional groups attached to an aromatic ring is 1. The second-order valence-electron chi connectivity index (χ2n) is 8.54. The van der Waals surface area contributed by atoms with Gasteiger partial charge in [0, 0.05) is 5.56 Å². The van der Waals surface area contributed by atoms with Gasteiger partial charge in [-0.15, -0.1) is 0 Å². The molecule has 0 aliphatic carbocycles. The van der Waals surface area contributed by atoms with Gasteiger partial charge < -0.3 is 25.6 Å². The first-order valence-corrected chi connectivity index (χ1v) is 11.3. The third-order valence-electron chi connectivity index (χ3n) is 6.15. The lowest BCUT2D eigenvalue weighted by Gasteiger charge is -2.26. The van der Waals surface area contributed by atoms with E-state index in [-0.39, 0.29) is 36.5 Å². The quantitative estimate of drug-likeness (QED) is 0.265. The maximum absolute atomic E-state index is 13.1. The number of amides is 1. The van der Waals surface area contributed by atoms with Crippen molar-refractivity contribution >= 4 is 29.4 Å². The van der Waals surface area contributed by atoms with Crippen LogP contribution in [0, 0.1) is 11.3 Å². The van der Waals surface area contributed by atoms with Crippen molar-refractivity contribution < 1.29 is 29.3 Å². The summed E-state index contributed by atoms with van der Waals surface area (Å²) in [5.74, 6) is -2.90. The molecule has 1 aliphatic rings. The number of carboxylic acids is 2. The number of nitrogens with two attached hydrogens (primary N) is 1. The van der Waals surface area contributed by atoms with Gasteiger partial charge in [0.15, 0.2) is 0 Å². The molecule has 4 rings (SSSR count). The number of benzene rings is 3. The van der Waals surface area contributed by atoms with Gasteiger partial charge >= 0.3 is 11.9 Å². The second-order valence-corrected chi connectivity index (χ2v) is 8.54. The summed E-state index contributed by atoms with van der Waals surface area (Å²) < 4.78 is 5.95. The first-order chi connectivity index (χ1) is 17.2. The summed E-state index contributed by atoms with van der Waals surface area (Å²) in [6.45, 7) is 0.0719. The van der Waals surface area contributed by atoms with Gasteiger partial charge in [-0.05, 0) is 41.8 Å². The molecule has 1 fully saturated rings. The van der Waals surface area contributed by atoms with Crippen LogP contribution in [-0.4, -0.2) is 46.5 Å². The Labute approximate surface area is 207 Å². The minimum absolute atomic E-state index is 0.00121. The van der Waals surface area contributed by atoms with Crippen LogP contribution < -0.4 is 15.4 Å². The van der Waals surface area contributed by atoms with Crippen LogP contribution in [0.2, 0.25) is 0 Å². The van der Waals surface area contributed by atoms with Crippen molar-refractivity contribution in [1.29, 1.82) is 5.41 Å². The van der Waals surface area contributed by atoms with Crippen LogP contribution in [-0.2, 0) is 9.59 Å². The van der Waals surface area contributed by atoms with Crippen molar-refractivity contribution in [3.8, 4) is 16.9 Å². The number of anilines is 1. The lowest BCUT2D eigenvalue weighted by molar-refractivity contribution is -0.140. The predicted molar refractivity (Wildman–Crippen MR) is 133 cm³/mol.